The first-order valence-electron chi connectivity index (χ1n) is 10.1. The molecular formula is C18H37N5. The molecule has 0 bridgehead atoms. The number of rotatable bonds is 0. The van der Waals surface area contributed by atoms with E-state index in [1.807, 2.05) is 0 Å². The molecule has 23 heavy (non-hydrogen) atoms. The molecule has 0 radical (unpaired) electrons. The standard InChI is InChI=1S/C18H37N5/c1-3-7-17-15(5-1)20-11-9-19-10-12-21-16-6-2-4-8-18(16)23-14-13-22-17/h15-23H,1-14H2/t15-,16?,17?,18?/m0/s1. The summed E-state index contributed by atoms with van der Waals surface area (Å²) in [6.07, 6.45) is 10.9. The first-order chi connectivity index (χ1) is 11.4. The van der Waals surface area contributed by atoms with Gasteiger partial charge in [0, 0.05) is 63.4 Å². The quantitative estimate of drug-likeness (QED) is 0.451. The van der Waals surface area contributed by atoms with Crippen molar-refractivity contribution in [1.29, 1.82) is 0 Å². The van der Waals surface area contributed by atoms with Crippen LogP contribution in [0.15, 0.2) is 0 Å². The van der Waals surface area contributed by atoms with E-state index in [0.717, 1.165) is 39.3 Å². The van der Waals surface area contributed by atoms with E-state index in [-0.39, 0.29) is 0 Å². The third-order valence-electron chi connectivity index (χ3n) is 5.89. The van der Waals surface area contributed by atoms with Gasteiger partial charge in [-0.3, -0.25) is 0 Å². The molecule has 5 nitrogen and oxygen atoms in total. The van der Waals surface area contributed by atoms with E-state index in [1.54, 1.807) is 0 Å². The van der Waals surface area contributed by atoms with Crippen LogP contribution in [0.1, 0.15) is 51.4 Å². The van der Waals surface area contributed by atoms with Crippen molar-refractivity contribution in [1.82, 2.24) is 26.6 Å². The van der Waals surface area contributed by atoms with Gasteiger partial charge in [-0.15, -0.1) is 0 Å². The van der Waals surface area contributed by atoms with Crippen LogP contribution < -0.4 is 26.6 Å². The smallest absolute Gasteiger partial charge is 0.0221 e. The van der Waals surface area contributed by atoms with Crippen LogP contribution >= 0.6 is 0 Å². The molecule has 0 aromatic rings. The van der Waals surface area contributed by atoms with Crippen LogP contribution in [0.4, 0.5) is 0 Å². The normalized spacial score (nSPS) is 38.6. The Bertz CT molecular complexity index is 295. The Morgan fingerprint density at radius 1 is 0.391 bits per heavy atom. The summed E-state index contributed by atoms with van der Waals surface area (Å²) in [5, 5.41) is 18.8. The molecule has 1 saturated heterocycles. The molecule has 5 heteroatoms. The van der Waals surface area contributed by atoms with E-state index < -0.39 is 0 Å². The molecule has 134 valence electrons. The zero-order chi connectivity index (χ0) is 15.7. The molecule has 5 N–H and O–H groups in total. The van der Waals surface area contributed by atoms with Crippen LogP contribution in [-0.4, -0.2) is 63.4 Å². The van der Waals surface area contributed by atoms with E-state index in [1.165, 1.54) is 51.4 Å². The Morgan fingerprint density at radius 2 is 0.696 bits per heavy atom. The van der Waals surface area contributed by atoms with Crippen LogP contribution in [0.2, 0.25) is 0 Å². The molecule has 3 fully saturated rings. The predicted octanol–water partition coefficient (Wildman–Crippen LogP) is 0.570. The van der Waals surface area contributed by atoms with Gasteiger partial charge >= 0.3 is 0 Å². The number of nitrogens with one attached hydrogen (secondary N) is 5. The largest absolute Gasteiger partial charge is 0.314 e. The molecule has 2 aliphatic carbocycles. The van der Waals surface area contributed by atoms with Crippen molar-refractivity contribution < 1.29 is 0 Å². The maximum absolute atomic E-state index is 3.82. The molecule has 3 aliphatic rings. The monoisotopic (exact) mass is 323 g/mol. The molecule has 0 aromatic carbocycles. The predicted molar refractivity (Wildman–Crippen MR) is 97.0 cm³/mol. The van der Waals surface area contributed by atoms with Gasteiger partial charge in [0.2, 0.25) is 0 Å². The minimum atomic E-state index is 0.663. The highest BCUT2D eigenvalue weighted by Gasteiger charge is 2.26. The van der Waals surface area contributed by atoms with Gasteiger partial charge in [0.15, 0.2) is 0 Å². The van der Waals surface area contributed by atoms with Crippen molar-refractivity contribution in [2.45, 2.75) is 75.5 Å². The van der Waals surface area contributed by atoms with Crippen LogP contribution in [0.5, 0.6) is 0 Å². The molecule has 2 saturated carbocycles. The van der Waals surface area contributed by atoms with E-state index in [4.69, 9.17) is 0 Å². The van der Waals surface area contributed by atoms with Gasteiger partial charge in [-0.05, 0) is 25.7 Å². The van der Waals surface area contributed by atoms with E-state index in [2.05, 4.69) is 26.6 Å². The lowest BCUT2D eigenvalue weighted by atomic mass is 9.90. The van der Waals surface area contributed by atoms with Crippen LogP contribution in [-0.2, 0) is 0 Å². The summed E-state index contributed by atoms with van der Waals surface area (Å²) < 4.78 is 0. The van der Waals surface area contributed by atoms with Crippen LogP contribution in [0.3, 0.4) is 0 Å². The zero-order valence-corrected chi connectivity index (χ0v) is 14.7. The molecule has 3 unspecified atom stereocenters. The van der Waals surface area contributed by atoms with Gasteiger partial charge in [0.1, 0.15) is 0 Å². The summed E-state index contributed by atoms with van der Waals surface area (Å²) in [5.41, 5.74) is 0. The van der Waals surface area contributed by atoms with Gasteiger partial charge in [-0.2, -0.15) is 0 Å². The Balaban J connectivity index is 1.51. The second-order valence-corrected chi connectivity index (χ2v) is 7.56. The molecule has 1 aliphatic heterocycles. The average molecular weight is 324 g/mol. The second kappa shape index (κ2) is 9.94. The summed E-state index contributed by atoms with van der Waals surface area (Å²) >= 11 is 0. The number of hydrogen-bond acceptors (Lipinski definition) is 5. The third-order valence-corrected chi connectivity index (χ3v) is 5.89. The van der Waals surface area contributed by atoms with Gasteiger partial charge in [-0.25, -0.2) is 0 Å². The van der Waals surface area contributed by atoms with E-state index >= 15 is 0 Å². The Kier molecular flexibility index (Phi) is 7.62. The lowest BCUT2D eigenvalue weighted by molar-refractivity contribution is 0.270. The lowest BCUT2D eigenvalue weighted by Gasteiger charge is -2.34. The number of hydrogen-bond donors (Lipinski definition) is 5. The van der Waals surface area contributed by atoms with Crippen molar-refractivity contribution in [3.8, 4) is 0 Å². The van der Waals surface area contributed by atoms with Gasteiger partial charge in [-0.1, -0.05) is 25.7 Å². The zero-order valence-electron chi connectivity index (χ0n) is 14.7. The van der Waals surface area contributed by atoms with E-state index in [9.17, 15) is 0 Å². The fraction of sp³-hybridized carbons (Fsp3) is 1.00. The maximum atomic E-state index is 3.82. The second-order valence-electron chi connectivity index (χ2n) is 7.56. The minimum absolute atomic E-state index is 0.663. The van der Waals surface area contributed by atoms with E-state index in [0.29, 0.717) is 24.2 Å². The van der Waals surface area contributed by atoms with Crippen molar-refractivity contribution in [3.05, 3.63) is 0 Å². The highest BCUT2D eigenvalue weighted by atomic mass is 15.1. The summed E-state index contributed by atoms with van der Waals surface area (Å²) in [4.78, 5) is 0. The molecule has 4 atom stereocenters. The summed E-state index contributed by atoms with van der Waals surface area (Å²) in [6, 6.07) is 2.65. The highest BCUT2D eigenvalue weighted by molar-refractivity contribution is 4.89. The highest BCUT2D eigenvalue weighted by Crippen LogP contribution is 2.19. The minimum Gasteiger partial charge on any atom is -0.314 e. The average Bonchev–Trinajstić information content (AvgIpc) is 2.60. The summed E-state index contributed by atoms with van der Waals surface area (Å²) in [5.74, 6) is 0. The first kappa shape index (κ1) is 17.6. The van der Waals surface area contributed by atoms with Crippen molar-refractivity contribution in [2.24, 2.45) is 0 Å². The third kappa shape index (κ3) is 5.68. The Morgan fingerprint density at radius 3 is 1.04 bits per heavy atom. The van der Waals surface area contributed by atoms with Crippen LogP contribution in [0.25, 0.3) is 0 Å². The maximum Gasteiger partial charge on any atom is 0.0221 e. The topological polar surface area (TPSA) is 60.1 Å². The molecule has 0 aromatic heterocycles. The summed E-state index contributed by atoms with van der Waals surface area (Å²) in [7, 11) is 0. The SMILES string of the molecule is C1CCC2NCCNC3CCCC[C@@H]3NCCNCCNC2C1. The molecule has 1 heterocycles. The van der Waals surface area contributed by atoms with Crippen molar-refractivity contribution in [3.63, 3.8) is 0 Å². The van der Waals surface area contributed by atoms with Crippen LogP contribution in [0, 0.1) is 0 Å². The van der Waals surface area contributed by atoms with Crippen molar-refractivity contribution >= 4 is 0 Å². The molecule has 0 spiro atoms. The molecular weight excluding hydrogens is 286 g/mol. The lowest BCUT2D eigenvalue weighted by Crippen LogP contribution is -2.54. The Hall–Kier alpha value is -0.200. The van der Waals surface area contributed by atoms with Crippen molar-refractivity contribution in [2.75, 3.05) is 39.3 Å². The first-order valence-corrected chi connectivity index (χ1v) is 10.1. The Labute approximate surface area is 142 Å². The molecule has 0 amide bonds. The van der Waals surface area contributed by atoms with Gasteiger partial charge in [0.25, 0.3) is 0 Å². The number of fused-ring (bicyclic) bond motifs is 2. The van der Waals surface area contributed by atoms with Gasteiger partial charge in [0.05, 0.1) is 0 Å². The molecule has 3 rings (SSSR count). The van der Waals surface area contributed by atoms with Gasteiger partial charge < -0.3 is 26.6 Å². The summed E-state index contributed by atoms with van der Waals surface area (Å²) in [6.45, 7) is 6.55. The fourth-order valence-corrected chi connectivity index (χ4v) is 4.57. The fourth-order valence-electron chi connectivity index (χ4n) is 4.57.